The molecule has 1 rings (SSSR count). The lowest BCUT2D eigenvalue weighted by Gasteiger charge is -2.11. The minimum Gasteiger partial charge on any atom is -0.348 e. The van der Waals surface area contributed by atoms with Crippen molar-refractivity contribution < 1.29 is 4.79 Å². The fourth-order valence-electron chi connectivity index (χ4n) is 1.13. The van der Waals surface area contributed by atoms with E-state index in [-0.39, 0.29) is 11.9 Å². The van der Waals surface area contributed by atoms with Gasteiger partial charge in [0, 0.05) is 24.6 Å². The molecule has 0 bridgehead atoms. The van der Waals surface area contributed by atoms with Crippen molar-refractivity contribution in [1.29, 1.82) is 0 Å². The van der Waals surface area contributed by atoms with Crippen LogP contribution in [0, 0.1) is 0 Å². The van der Waals surface area contributed by atoms with Crippen LogP contribution in [0.25, 0.3) is 0 Å². The fraction of sp³-hybridized carbons (Fsp3) is 0.556. The first-order chi connectivity index (χ1) is 6.65. The molecule has 0 aliphatic rings. The Morgan fingerprint density at radius 1 is 1.79 bits per heavy atom. The molecule has 1 heterocycles. The van der Waals surface area contributed by atoms with Gasteiger partial charge in [-0.1, -0.05) is 15.9 Å². The molecule has 5 heteroatoms. The van der Waals surface area contributed by atoms with Gasteiger partial charge < -0.3 is 5.32 Å². The molecule has 0 aliphatic heterocycles. The summed E-state index contributed by atoms with van der Waals surface area (Å²) in [4.78, 5) is 11.6. The van der Waals surface area contributed by atoms with Gasteiger partial charge in [0.2, 0.25) is 0 Å². The van der Waals surface area contributed by atoms with Gasteiger partial charge in [-0.15, -0.1) is 0 Å². The Bertz CT molecular complexity index is 311. The zero-order valence-corrected chi connectivity index (χ0v) is 9.91. The van der Waals surface area contributed by atoms with Crippen LogP contribution in [0.3, 0.4) is 0 Å². The zero-order chi connectivity index (χ0) is 10.6. The molecule has 0 radical (unpaired) electrons. The molecule has 1 aromatic heterocycles. The van der Waals surface area contributed by atoms with Crippen LogP contribution in [-0.2, 0) is 7.05 Å². The molecule has 1 aromatic rings. The molecular formula is C9H14BrN3O. The maximum atomic E-state index is 11.6. The van der Waals surface area contributed by atoms with Crippen LogP contribution in [0.5, 0.6) is 0 Å². The largest absolute Gasteiger partial charge is 0.348 e. The van der Waals surface area contributed by atoms with Crippen molar-refractivity contribution in [3.63, 3.8) is 0 Å². The van der Waals surface area contributed by atoms with E-state index in [4.69, 9.17) is 0 Å². The van der Waals surface area contributed by atoms with Gasteiger partial charge in [0.15, 0.2) is 0 Å². The van der Waals surface area contributed by atoms with Crippen LogP contribution in [0.1, 0.15) is 23.8 Å². The summed E-state index contributed by atoms with van der Waals surface area (Å²) in [6, 6.07) is 1.88. The van der Waals surface area contributed by atoms with Gasteiger partial charge in [-0.3, -0.25) is 9.48 Å². The van der Waals surface area contributed by atoms with Crippen LogP contribution < -0.4 is 5.32 Å². The summed E-state index contributed by atoms with van der Waals surface area (Å²) in [7, 11) is 1.75. The maximum absolute atomic E-state index is 11.6. The Hall–Kier alpha value is -0.840. The standard InChI is InChI=1S/C9H14BrN3O/c1-7(3-5-10)12-9(14)8-4-6-11-13(8)2/h4,6-7H,3,5H2,1-2H3,(H,12,14). The number of amides is 1. The monoisotopic (exact) mass is 259 g/mol. The average Bonchev–Trinajstić information content (AvgIpc) is 2.51. The van der Waals surface area contributed by atoms with Gasteiger partial charge in [-0.05, 0) is 19.4 Å². The van der Waals surface area contributed by atoms with Gasteiger partial charge in [-0.25, -0.2) is 0 Å². The first kappa shape index (κ1) is 11.2. The molecule has 1 N–H and O–H groups in total. The molecule has 14 heavy (non-hydrogen) atoms. The second kappa shape index (κ2) is 5.14. The van der Waals surface area contributed by atoms with E-state index >= 15 is 0 Å². The smallest absolute Gasteiger partial charge is 0.269 e. The number of aryl methyl sites for hydroxylation is 1. The van der Waals surface area contributed by atoms with E-state index in [1.165, 1.54) is 0 Å². The number of hydrogen-bond acceptors (Lipinski definition) is 2. The third kappa shape index (κ3) is 2.83. The summed E-state index contributed by atoms with van der Waals surface area (Å²) in [5.41, 5.74) is 0.589. The molecule has 0 saturated carbocycles. The Balaban J connectivity index is 2.55. The third-order valence-electron chi connectivity index (χ3n) is 1.97. The second-order valence-electron chi connectivity index (χ2n) is 3.19. The predicted octanol–water partition coefficient (Wildman–Crippen LogP) is 1.32. The van der Waals surface area contributed by atoms with Crippen LogP contribution in [0.4, 0.5) is 0 Å². The lowest BCUT2D eigenvalue weighted by molar-refractivity contribution is 0.0930. The number of aromatic nitrogens is 2. The molecule has 78 valence electrons. The zero-order valence-electron chi connectivity index (χ0n) is 8.33. The molecule has 0 aromatic carbocycles. The van der Waals surface area contributed by atoms with E-state index in [1.807, 2.05) is 6.92 Å². The molecule has 4 nitrogen and oxygen atoms in total. The topological polar surface area (TPSA) is 46.9 Å². The van der Waals surface area contributed by atoms with Gasteiger partial charge in [0.05, 0.1) is 0 Å². The van der Waals surface area contributed by atoms with Crippen molar-refractivity contribution in [3.05, 3.63) is 18.0 Å². The highest BCUT2D eigenvalue weighted by atomic mass is 79.9. The van der Waals surface area contributed by atoms with Crippen molar-refractivity contribution in [2.75, 3.05) is 5.33 Å². The van der Waals surface area contributed by atoms with Crippen molar-refractivity contribution in [3.8, 4) is 0 Å². The number of hydrogen-bond donors (Lipinski definition) is 1. The minimum absolute atomic E-state index is 0.0709. The highest BCUT2D eigenvalue weighted by Gasteiger charge is 2.11. The number of nitrogens with zero attached hydrogens (tertiary/aromatic N) is 2. The average molecular weight is 260 g/mol. The molecule has 1 atom stereocenters. The Morgan fingerprint density at radius 3 is 3.00 bits per heavy atom. The molecular weight excluding hydrogens is 246 g/mol. The summed E-state index contributed by atoms with van der Waals surface area (Å²) in [5, 5.41) is 7.72. The van der Waals surface area contributed by atoms with Gasteiger partial charge >= 0.3 is 0 Å². The van der Waals surface area contributed by atoms with E-state index in [1.54, 1.807) is 24.0 Å². The van der Waals surface area contributed by atoms with Gasteiger partial charge in [-0.2, -0.15) is 5.10 Å². The third-order valence-corrected chi connectivity index (χ3v) is 2.43. The number of rotatable bonds is 4. The highest BCUT2D eigenvalue weighted by molar-refractivity contribution is 9.09. The first-order valence-corrected chi connectivity index (χ1v) is 5.62. The summed E-state index contributed by atoms with van der Waals surface area (Å²) >= 11 is 3.33. The maximum Gasteiger partial charge on any atom is 0.269 e. The van der Waals surface area contributed by atoms with Crippen LogP contribution in [-0.4, -0.2) is 27.1 Å². The number of alkyl halides is 1. The minimum atomic E-state index is -0.0709. The van der Waals surface area contributed by atoms with E-state index < -0.39 is 0 Å². The summed E-state index contributed by atoms with van der Waals surface area (Å²) < 4.78 is 1.57. The van der Waals surface area contributed by atoms with Crippen LogP contribution >= 0.6 is 15.9 Å². The normalized spacial score (nSPS) is 12.5. The van der Waals surface area contributed by atoms with E-state index in [0.29, 0.717) is 5.69 Å². The van der Waals surface area contributed by atoms with Crippen LogP contribution in [0.2, 0.25) is 0 Å². The Labute approximate surface area is 91.8 Å². The fourth-order valence-corrected chi connectivity index (χ4v) is 1.82. The SMILES string of the molecule is CC(CCBr)NC(=O)c1ccnn1C. The van der Waals surface area contributed by atoms with Crippen molar-refractivity contribution in [2.45, 2.75) is 19.4 Å². The lowest BCUT2D eigenvalue weighted by Crippen LogP contribution is -2.33. The van der Waals surface area contributed by atoms with Gasteiger partial charge in [0.1, 0.15) is 5.69 Å². The highest BCUT2D eigenvalue weighted by Crippen LogP contribution is 1.99. The van der Waals surface area contributed by atoms with E-state index in [2.05, 4.69) is 26.3 Å². The molecule has 1 amide bonds. The predicted molar refractivity (Wildman–Crippen MR) is 58.5 cm³/mol. The summed E-state index contributed by atoms with van der Waals surface area (Å²) in [5.74, 6) is -0.0709. The second-order valence-corrected chi connectivity index (χ2v) is 3.99. The van der Waals surface area contributed by atoms with Crippen molar-refractivity contribution in [2.24, 2.45) is 7.05 Å². The number of carbonyl (C=O) groups is 1. The quantitative estimate of drug-likeness (QED) is 0.830. The number of carbonyl (C=O) groups excluding carboxylic acids is 1. The van der Waals surface area contributed by atoms with Crippen molar-refractivity contribution in [1.82, 2.24) is 15.1 Å². The summed E-state index contributed by atoms with van der Waals surface area (Å²) in [6.45, 7) is 1.98. The Morgan fingerprint density at radius 2 is 2.50 bits per heavy atom. The van der Waals surface area contributed by atoms with E-state index in [0.717, 1.165) is 11.8 Å². The molecule has 1 unspecified atom stereocenters. The number of halogens is 1. The first-order valence-electron chi connectivity index (χ1n) is 4.50. The molecule has 0 aliphatic carbocycles. The Kier molecular flexibility index (Phi) is 4.13. The molecule has 0 fully saturated rings. The van der Waals surface area contributed by atoms with Crippen LogP contribution in [0.15, 0.2) is 12.3 Å². The molecule has 0 saturated heterocycles. The van der Waals surface area contributed by atoms with E-state index in [9.17, 15) is 4.79 Å². The van der Waals surface area contributed by atoms with Gasteiger partial charge in [0.25, 0.3) is 5.91 Å². The summed E-state index contributed by atoms with van der Waals surface area (Å²) in [6.07, 6.45) is 2.54. The number of nitrogens with one attached hydrogen (secondary N) is 1. The lowest BCUT2D eigenvalue weighted by atomic mass is 10.2. The molecule has 0 spiro atoms. The van der Waals surface area contributed by atoms with Crippen molar-refractivity contribution >= 4 is 21.8 Å².